The van der Waals surface area contributed by atoms with Crippen LogP contribution >= 0.6 is 0 Å². The molecule has 0 amide bonds. The van der Waals surface area contributed by atoms with E-state index >= 15 is 0 Å². The second-order valence-electron chi connectivity index (χ2n) is 3.12. The highest BCUT2D eigenvalue weighted by Gasteiger charge is 2.02. The molecule has 1 aromatic rings. The van der Waals surface area contributed by atoms with Gasteiger partial charge in [-0.05, 0) is 19.4 Å². The van der Waals surface area contributed by atoms with Gasteiger partial charge in [0.25, 0.3) is 0 Å². The number of esters is 1. The van der Waals surface area contributed by atoms with Crippen LogP contribution in [0.3, 0.4) is 0 Å². The van der Waals surface area contributed by atoms with Crippen LogP contribution < -0.4 is 0 Å². The Morgan fingerprint density at radius 3 is 2.73 bits per heavy atom. The van der Waals surface area contributed by atoms with Crippen molar-refractivity contribution in [2.75, 3.05) is 6.61 Å². The predicted molar refractivity (Wildman–Crippen MR) is 60.0 cm³/mol. The summed E-state index contributed by atoms with van der Waals surface area (Å²) < 4.78 is 4.74. The highest BCUT2D eigenvalue weighted by Crippen LogP contribution is 2.14. The van der Waals surface area contributed by atoms with E-state index in [1.54, 1.807) is 6.92 Å². The van der Waals surface area contributed by atoms with E-state index in [1.807, 2.05) is 37.3 Å². The molecule has 80 valence electrons. The third-order valence-corrected chi connectivity index (χ3v) is 1.97. The van der Waals surface area contributed by atoms with Crippen molar-refractivity contribution < 1.29 is 9.53 Å². The molecule has 3 nitrogen and oxygen atoms in total. The molecule has 0 saturated heterocycles. The standard InChI is InChI=1S/C12H15NO2/c1-3-15-12(14)9-13-10(2)11-7-5-4-6-8-11/h4-10H,3H2,1-2H3. The molecule has 1 unspecified atom stereocenters. The average Bonchev–Trinajstić information content (AvgIpc) is 2.27. The maximum Gasteiger partial charge on any atom is 0.348 e. The normalized spacial score (nSPS) is 12.7. The van der Waals surface area contributed by atoms with Gasteiger partial charge < -0.3 is 4.74 Å². The molecule has 3 heteroatoms. The monoisotopic (exact) mass is 205 g/mol. The summed E-state index contributed by atoms with van der Waals surface area (Å²) in [5, 5.41) is 0. The largest absolute Gasteiger partial charge is 0.462 e. The molecule has 0 radical (unpaired) electrons. The Balaban J connectivity index is 2.56. The van der Waals surface area contributed by atoms with Crippen molar-refractivity contribution in [1.29, 1.82) is 0 Å². The first-order chi connectivity index (χ1) is 7.24. The van der Waals surface area contributed by atoms with Crippen LogP contribution in [0.25, 0.3) is 0 Å². The van der Waals surface area contributed by atoms with Crippen molar-refractivity contribution in [1.82, 2.24) is 0 Å². The van der Waals surface area contributed by atoms with Crippen LogP contribution in [-0.2, 0) is 9.53 Å². The Bertz CT molecular complexity index is 333. The number of hydrogen-bond acceptors (Lipinski definition) is 3. The fourth-order valence-corrected chi connectivity index (χ4v) is 1.17. The molecule has 15 heavy (non-hydrogen) atoms. The van der Waals surface area contributed by atoms with E-state index in [1.165, 1.54) is 6.21 Å². The summed E-state index contributed by atoms with van der Waals surface area (Å²) >= 11 is 0. The van der Waals surface area contributed by atoms with Crippen molar-refractivity contribution >= 4 is 12.2 Å². The van der Waals surface area contributed by atoms with E-state index in [0.29, 0.717) is 6.61 Å². The molecule has 0 bridgehead atoms. The molecule has 1 aromatic carbocycles. The second kappa shape index (κ2) is 5.96. The van der Waals surface area contributed by atoms with Crippen molar-refractivity contribution in [3.63, 3.8) is 0 Å². The van der Waals surface area contributed by atoms with Crippen LogP contribution in [0, 0.1) is 0 Å². The van der Waals surface area contributed by atoms with E-state index in [-0.39, 0.29) is 12.0 Å². The van der Waals surface area contributed by atoms with Gasteiger partial charge in [-0.25, -0.2) is 4.79 Å². The first-order valence-corrected chi connectivity index (χ1v) is 4.99. The average molecular weight is 205 g/mol. The van der Waals surface area contributed by atoms with Crippen molar-refractivity contribution in [2.24, 2.45) is 4.99 Å². The summed E-state index contributed by atoms with van der Waals surface area (Å²) in [4.78, 5) is 15.1. The SMILES string of the molecule is CCOC(=O)C=NC(C)c1ccccc1. The quantitative estimate of drug-likeness (QED) is 0.559. The fourth-order valence-electron chi connectivity index (χ4n) is 1.17. The third-order valence-electron chi connectivity index (χ3n) is 1.97. The van der Waals surface area contributed by atoms with Crippen LogP contribution in [-0.4, -0.2) is 18.8 Å². The van der Waals surface area contributed by atoms with Crippen molar-refractivity contribution in [3.05, 3.63) is 35.9 Å². The van der Waals surface area contributed by atoms with Crippen LogP contribution in [0.2, 0.25) is 0 Å². The summed E-state index contributed by atoms with van der Waals surface area (Å²) in [6, 6.07) is 9.79. The number of rotatable bonds is 4. The number of hydrogen-bond donors (Lipinski definition) is 0. The maximum absolute atomic E-state index is 11.0. The lowest BCUT2D eigenvalue weighted by atomic mass is 10.1. The molecule has 0 aliphatic carbocycles. The van der Waals surface area contributed by atoms with Crippen LogP contribution in [0.5, 0.6) is 0 Å². The third kappa shape index (κ3) is 3.94. The Morgan fingerprint density at radius 2 is 2.13 bits per heavy atom. The van der Waals surface area contributed by atoms with E-state index in [4.69, 9.17) is 4.74 Å². The zero-order valence-electron chi connectivity index (χ0n) is 9.01. The van der Waals surface area contributed by atoms with Gasteiger partial charge in [-0.2, -0.15) is 0 Å². The van der Waals surface area contributed by atoms with Gasteiger partial charge in [0.05, 0.1) is 12.6 Å². The minimum atomic E-state index is -0.389. The number of nitrogens with zero attached hydrogens (tertiary/aromatic N) is 1. The van der Waals surface area contributed by atoms with Crippen molar-refractivity contribution in [2.45, 2.75) is 19.9 Å². The Hall–Kier alpha value is -1.64. The molecule has 0 N–H and O–H groups in total. The van der Waals surface area contributed by atoms with Gasteiger partial charge in [-0.1, -0.05) is 30.3 Å². The van der Waals surface area contributed by atoms with E-state index in [9.17, 15) is 4.79 Å². The zero-order chi connectivity index (χ0) is 11.1. The molecule has 1 rings (SSSR count). The molecular weight excluding hydrogens is 190 g/mol. The van der Waals surface area contributed by atoms with E-state index in [0.717, 1.165) is 5.56 Å². The predicted octanol–water partition coefficient (Wildman–Crippen LogP) is 2.38. The van der Waals surface area contributed by atoms with E-state index < -0.39 is 0 Å². The van der Waals surface area contributed by atoms with Gasteiger partial charge in [-0.15, -0.1) is 0 Å². The molecule has 0 heterocycles. The van der Waals surface area contributed by atoms with Gasteiger partial charge in [-0.3, -0.25) is 4.99 Å². The topological polar surface area (TPSA) is 38.7 Å². The summed E-state index contributed by atoms with van der Waals surface area (Å²) in [7, 11) is 0. The number of carbonyl (C=O) groups excluding carboxylic acids is 1. The lowest BCUT2D eigenvalue weighted by Gasteiger charge is -2.05. The van der Waals surface area contributed by atoms with Gasteiger partial charge in [0.15, 0.2) is 0 Å². The lowest BCUT2D eigenvalue weighted by Crippen LogP contribution is -2.05. The summed E-state index contributed by atoms with van der Waals surface area (Å²) in [5.41, 5.74) is 1.08. The molecule has 1 atom stereocenters. The molecule has 0 spiro atoms. The van der Waals surface area contributed by atoms with Crippen LogP contribution in [0.15, 0.2) is 35.3 Å². The number of benzene rings is 1. The van der Waals surface area contributed by atoms with Gasteiger partial charge in [0.1, 0.15) is 6.21 Å². The minimum Gasteiger partial charge on any atom is -0.462 e. The number of aliphatic imine (C=N–C) groups is 1. The summed E-state index contributed by atoms with van der Waals surface area (Å²) in [5.74, 6) is -0.389. The zero-order valence-corrected chi connectivity index (χ0v) is 9.01. The first kappa shape index (κ1) is 11.4. The van der Waals surface area contributed by atoms with Gasteiger partial charge in [0.2, 0.25) is 0 Å². The first-order valence-electron chi connectivity index (χ1n) is 4.99. The Kier molecular flexibility index (Phi) is 4.54. The smallest absolute Gasteiger partial charge is 0.348 e. The van der Waals surface area contributed by atoms with E-state index in [2.05, 4.69) is 4.99 Å². The highest BCUT2D eigenvalue weighted by molar-refractivity contribution is 6.23. The highest BCUT2D eigenvalue weighted by atomic mass is 16.5. The second-order valence-corrected chi connectivity index (χ2v) is 3.12. The molecule has 0 saturated carbocycles. The molecule has 0 aromatic heterocycles. The lowest BCUT2D eigenvalue weighted by molar-refractivity contribution is -0.134. The molecule has 0 aliphatic heterocycles. The Labute approximate surface area is 89.8 Å². The number of ether oxygens (including phenoxy) is 1. The maximum atomic E-state index is 11.0. The summed E-state index contributed by atoms with van der Waals surface area (Å²) in [6.07, 6.45) is 1.24. The molecule has 0 fully saturated rings. The van der Waals surface area contributed by atoms with Crippen LogP contribution in [0.4, 0.5) is 0 Å². The molecular formula is C12H15NO2. The van der Waals surface area contributed by atoms with Crippen molar-refractivity contribution in [3.8, 4) is 0 Å². The Morgan fingerprint density at radius 1 is 1.47 bits per heavy atom. The summed E-state index contributed by atoms with van der Waals surface area (Å²) in [6.45, 7) is 4.09. The van der Waals surface area contributed by atoms with Gasteiger partial charge >= 0.3 is 5.97 Å². The minimum absolute atomic E-state index is 0.0180. The van der Waals surface area contributed by atoms with Gasteiger partial charge in [0, 0.05) is 0 Å². The molecule has 0 aliphatic rings. The number of carbonyl (C=O) groups is 1. The van der Waals surface area contributed by atoms with Crippen LogP contribution in [0.1, 0.15) is 25.5 Å². The fraction of sp³-hybridized carbons (Fsp3) is 0.333.